The van der Waals surface area contributed by atoms with Gasteiger partial charge in [-0.1, -0.05) is 44.7 Å². The molecule has 0 fully saturated rings. The van der Waals surface area contributed by atoms with Crippen LogP contribution >= 0.6 is 0 Å². The number of aryl methyl sites for hydroxylation is 1. The van der Waals surface area contributed by atoms with Gasteiger partial charge in [0.15, 0.2) is 0 Å². The minimum absolute atomic E-state index is 0.723. The third-order valence-electron chi connectivity index (χ3n) is 2.21. The molecule has 0 amide bonds. The predicted octanol–water partition coefficient (Wildman–Crippen LogP) is 3.84. The van der Waals surface area contributed by atoms with E-state index in [1.165, 1.54) is 16.7 Å². The zero-order valence-corrected chi connectivity index (χ0v) is 8.80. The molecule has 1 aromatic rings. The van der Waals surface area contributed by atoms with E-state index in [2.05, 4.69) is 45.5 Å². The van der Waals surface area contributed by atoms with Crippen molar-refractivity contribution in [3.63, 3.8) is 0 Å². The molecular formula is C13H18. The molecule has 0 unspecified atom stereocenters. The Morgan fingerprint density at radius 2 is 2.08 bits per heavy atom. The zero-order chi connectivity index (χ0) is 9.84. The van der Waals surface area contributed by atoms with Crippen molar-refractivity contribution in [3.8, 4) is 0 Å². The fourth-order valence-electron chi connectivity index (χ4n) is 1.51. The van der Waals surface area contributed by atoms with Crippen LogP contribution in [-0.2, 0) is 6.42 Å². The Morgan fingerprint density at radius 1 is 1.38 bits per heavy atom. The quantitative estimate of drug-likeness (QED) is 0.653. The van der Waals surface area contributed by atoms with Crippen molar-refractivity contribution < 1.29 is 0 Å². The fourth-order valence-corrected chi connectivity index (χ4v) is 1.51. The number of hydrogen-bond acceptors (Lipinski definition) is 0. The molecule has 0 aliphatic rings. The summed E-state index contributed by atoms with van der Waals surface area (Å²) in [5.74, 6) is 0.723. The molecule has 13 heavy (non-hydrogen) atoms. The van der Waals surface area contributed by atoms with Crippen LogP contribution in [-0.4, -0.2) is 0 Å². The van der Waals surface area contributed by atoms with Crippen LogP contribution in [0.25, 0.3) is 6.08 Å². The van der Waals surface area contributed by atoms with Gasteiger partial charge >= 0.3 is 0 Å². The zero-order valence-electron chi connectivity index (χ0n) is 8.80. The van der Waals surface area contributed by atoms with Gasteiger partial charge in [0.05, 0.1) is 0 Å². The van der Waals surface area contributed by atoms with Gasteiger partial charge < -0.3 is 0 Å². The summed E-state index contributed by atoms with van der Waals surface area (Å²) in [4.78, 5) is 0. The average molecular weight is 174 g/mol. The van der Waals surface area contributed by atoms with Crippen LogP contribution in [0.4, 0.5) is 0 Å². The minimum Gasteiger partial charge on any atom is -0.0985 e. The molecule has 0 saturated heterocycles. The molecule has 0 N–H and O–H groups in total. The van der Waals surface area contributed by atoms with Crippen molar-refractivity contribution >= 4 is 6.08 Å². The van der Waals surface area contributed by atoms with E-state index in [1.807, 2.05) is 6.08 Å². The molecule has 0 saturated carbocycles. The normalized spacial score (nSPS) is 10.5. The van der Waals surface area contributed by atoms with Crippen molar-refractivity contribution in [1.29, 1.82) is 0 Å². The molecule has 0 aliphatic carbocycles. The summed E-state index contributed by atoms with van der Waals surface area (Å²) in [6.07, 6.45) is 3.08. The molecule has 0 heterocycles. The van der Waals surface area contributed by atoms with Gasteiger partial charge in [0.1, 0.15) is 0 Å². The van der Waals surface area contributed by atoms with Gasteiger partial charge in [-0.2, -0.15) is 0 Å². The summed E-state index contributed by atoms with van der Waals surface area (Å²) in [7, 11) is 0. The predicted molar refractivity (Wildman–Crippen MR) is 59.8 cm³/mol. The van der Waals surface area contributed by atoms with Gasteiger partial charge in [0.2, 0.25) is 0 Å². The molecule has 0 aromatic heterocycles. The minimum atomic E-state index is 0.723. The average Bonchev–Trinajstić information content (AvgIpc) is 2.07. The Labute approximate surface area is 81.3 Å². The highest BCUT2D eigenvalue weighted by atomic mass is 14.0. The molecule has 1 rings (SSSR count). The first-order chi connectivity index (χ1) is 6.13. The summed E-state index contributed by atoms with van der Waals surface area (Å²) in [6.45, 7) is 10.4. The van der Waals surface area contributed by atoms with Gasteiger partial charge in [-0.3, -0.25) is 0 Å². The second-order valence-electron chi connectivity index (χ2n) is 3.99. The van der Waals surface area contributed by atoms with Crippen molar-refractivity contribution in [2.45, 2.75) is 27.2 Å². The van der Waals surface area contributed by atoms with Crippen LogP contribution in [0.1, 0.15) is 30.5 Å². The lowest BCUT2D eigenvalue weighted by Crippen LogP contribution is -1.94. The first kappa shape index (κ1) is 10.0. The maximum absolute atomic E-state index is 3.81. The third-order valence-corrected chi connectivity index (χ3v) is 2.21. The highest BCUT2D eigenvalue weighted by molar-refractivity contribution is 5.52. The van der Waals surface area contributed by atoms with Crippen LogP contribution < -0.4 is 0 Å². The van der Waals surface area contributed by atoms with Crippen LogP contribution in [0, 0.1) is 12.8 Å². The monoisotopic (exact) mass is 174 g/mol. The largest absolute Gasteiger partial charge is 0.0985 e. The molecule has 0 bridgehead atoms. The first-order valence-corrected chi connectivity index (χ1v) is 4.85. The first-order valence-electron chi connectivity index (χ1n) is 4.85. The molecule has 0 nitrogen and oxygen atoms in total. The molecule has 1 aromatic carbocycles. The number of hydrogen-bond donors (Lipinski definition) is 0. The van der Waals surface area contributed by atoms with Crippen LogP contribution in [0.2, 0.25) is 0 Å². The Hall–Kier alpha value is -1.04. The molecular weight excluding hydrogens is 156 g/mol. The van der Waals surface area contributed by atoms with Crippen LogP contribution in [0.15, 0.2) is 24.8 Å². The number of rotatable bonds is 3. The van der Waals surface area contributed by atoms with Gasteiger partial charge in [0.25, 0.3) is 0 Å². The third kappa shape index (κ3) is 2.73. The van der Waals surface area contributed by atoms with Crippen molar-refractivity contribution in [2.75, 3.05) is 0 Å². The maximum Gasteiger partial charge on any atom is -0.0230 e. The van der Waals surface area contributed by atoms with E-state index in [4.69, 9.17) is 0 Å². The lowest BCUT2D eigenvalue weighted by molar-refractivity contribution is 0.647. The second kappa shape index (κ2) is 4.27. The van der Waals surface area contributed by atoms with E-state index in [-0.39, 0.29) is 0 Å². The van der Waals surface area contributed by atoms with E-state index >= 15 is 0 Å². The molecule has 0 aliphatic heterocycles. The van der Waals surface area contributed by atoms with Gasteiger partial charge in [-0.05, 0) is 36.0 Å². The Balaban J connectivity index is 2.92. The summed E-state index contributed by atoms with van der Waals surface area (Å²) in [6, 6.07) is 6.62. The summed E-state index contributed by atoms with van der Waals surface area (Å²) < 4.78 is 0. The summed E-state index contributed by atoms with van der Waals surface area (Å²) >= 11 is 0. The molecule has 0 radical (unpaired) electrons. The Kier molecular flexibility index (Phi) is 3.30. The Morgan fingerprint density at radius 3 is 2.62 bits per heavy atom. The lowest BCUT2D eigenvalue weighted by atomic mass is 9.98. The van der Waals surface area contributed by atoms with Crippen molar-refractivity contribution in [2.24, 2.45) is 5.92 Å². The Bertz CT molecular complexity index is 295. The van der Waals surface area contributed by atoms with Crippen LogP contribution in [0.3, 0.4) is 0 Å². The van der Waals surface area contributed by atoms with Crippen molar-refractivity contribution in [3.05, 3.63) is 41.5 Å². The smallest absolute Gasteiger partial charge is 0.0230 e. The highest BCUT2D eigenvalue weighted by Gasteiger charge is 1.99. The van der Waals surface area contributed by atoms with Crippen molar-refractivity contribution in [1.82, 2.24) is 0 Å². The summed E-state index contributed by atoms with van der Waals surface area (Å²) in [5, 5.41) is 0. The SMILES string of the molecule is C=Cc1cc(CC(C)C)ccc1C. The van der Waals surface area contributed by atoms with Gasteiger partial charge in [0, 0.05) is 0 Å². The standard InChI is InChI=1S/C13H18/c1-5-13-9-12(8-10(2)3)7-6-11(13)4/h5-7,9-10H,1,8H2,2-4H3. The van der Waals surface area contributed by atoms with Gasteiger partial charge in [-0.15, -0.1) is 0 Å². The van der Waals surface area contributed by atoms with E-state index in [9.17, 15) is 0 Å². The topological polar surface area (TPSA) is 0 Å². The number of benzene rings is 1. The molecule has 0 atom stereocenters. The lowest BCUT2D eigenvalue weighted by Gasteiger charge is -2.07. The van der Waals surface area contributed by atoms with E-state index in [1.54, 1.807) is 0 Å². The van der Waals surface area contributed by atoms with E-state index in [0.717, 1.165) is 12.3 Å². The molecule has 0 spiro atoms. The molecule has 70 valence electrons. The van der Waals surface area contributed by atoms with Gasteiger partial charge in [-0.25, -0.2) is 0 Å². The highest BCUT2D eigenvalue weighted by Crippen LogP contribution is 2.15. The van der Waals surface area contributed by atoms with E-state index in [0.29, 0.717) is 0 Å². The molecule has 0 heteroatoms. The maximum atomic E-state index is 3.81. The summed E-state index contributed by atoms with van der Waals surface area (Å²) in [5.41, 5.74) is 3.98. The van der Waals surface area contributed by atoms with Crippen LogP contribution in [0.5, 0.6) is 0 Å². The second-order valence-corrected chi connectivity index (χ2v) is 3.99. The fraction of sp³-hybridized carbons (Fsp3) is 0.385. The van der Waals surface area contributed by atoms with E-state index < -0.39 is 0 Å².